The van der Waals surface area contributed by atoms with Crippen molar-refractivity contribution in [3.8, 4) is 5.69 Å². The number of benzene rings is 1. The number of aromatic amines is 1. The molecule has 3 aromatic rings. The molecule has 0 aliphatic rings. The van der Waals surface area contributed by atoms with Gasteiger partial charge < -0.3 is 5.32 Å². The van der Waals surface area contributed by atoms with Crippen molar-refractivity contribution in [2.45, 2.75) is 26.2 Å². The molecule has 2 heterocycles. The number of para-hydroxylation sites is 1. The Morgan fingerprint density at radius 2 is 2.04 bits per heavy atom. The lowest BCUT2D eigenvalue weighted by Crippen LogP contribution is -2.26. The van der Waals surface area contributed by atoms with Crippen molar-refractivity contribution in [2.75, 3.05) is 6.54 Å². The predicted molar refractivity (Wildman–Crippen MR) is 100.0 cm³/mol. The number of carbonyl (C=O) groups excluding carboxylic acids is 1. The second-order valence-electron chi connectivity index (χ2n) is 6.05. The van der Waals surface area contributed by atoms with Gasteiger partial charge in [-0.05, 0) is 40.0 Å². The standard InChI is InChI=1S/C18H20BrN5O/c1-12(2)16-15(19)17(22-21-16)18(25)20-10-8-13-9-11-24(23-13)14-6-4-3-5-7-14/h3-7,9,11-12H,8,10H2,1-2H3,(H,20,25)(H,21,22). The number of rotatable bonds is 6. The Bertz CT molecular complexity index is 853. The monoisotopic (exact) mass is 401 g/mol. The molecule has 0 bridgehead atoms. The molecule has 0 fully saturated rings. The third-order valence-electron chi connectivity index (χ3n) is 3.86. The van der Waals surface area contributed by atoms with Gasteiger partial charge in [0.05, 0.1) is 21.5 Å². The molecule has 3 rings (SSSR count). The number of nitrogens with one attached hydrogen (secondary N) is 2. The molecule has 0 spiro atoms. The summed E-state index contributed by atoms with van der Waals surface area (Å²) in [6.45, 7) is 4.59. The van der Waals surface area contributed by atoms with Crippen molar-refractivity contribution in [3.05, 3.63) is 64.1 Å². The maximum absolute atomic E-state index is 12.3. The lowest BCUT2D eigenvalue weighted by molar-refractivity contribution is 0.0948. The molecule has 0 aliphatic heterocycles. The summed E-state index contributed by atoms with van der Waals surface area (Å²) in [5.41, 5.74) is 3.25. The van der Waals surface area contributed by atoms with Crippen molar-refractivity contribution in [2.24, 2.45) is 0 Å². The van der Waals surface area contributed by atoms with Crippen LogP contribution in [0.5, 0.6) is 0 Å². The largest absolute Gasteiger partial charge is 0.350 e. The fraction of sp³-hybridized carbons (Fsp3) is 0.278. The summed E-state index contributed by atoms with van der Waals surface area (Å²) in [7, 11) is 0. The first-order chi connectivity index (χ1) is 12.1. The van der Waals surface area contributed by atoms with Crippen molar-refractivity contribution in [1.82, 2.24) is 25.3 Å². The van der Waals surface area contributed by atoms with Crippen molar-refractivity contribution >= 4 is 21.8 Å². The van der Waals surface area contributed by atoms with Gasteiger partial charge in [-0.3, -0.25) is 9.89 Å². The number of H-pyrrole nitrogens is 1. The Hall–Kier alpha value is -2.41. The van der Waals surface area contributed by atoms with Crippen molar-refractivity contribution < 1.29 is 4.79 Å². The van der Waals surface area contributed by atoms with Crippen molar-refractivity contribution in [3.63, 3.8) is 0 Å². The van der Waals surface area contributed by atoms with Gasteiger partial charge in [-0.25, -0.2) is 4.68 Å². The van der Waals surface area contributed by atoms with E-state index >= 15 is 0 Å². The van der Waals surface area contributed by atoms with Crippen LogP contribution in [0.25, 0.3) is 5.69 Å². The van der Waals surface area contributed by atoms with Crippen LogP contribution in [0.2, 0.25) is 0 Å². The molecule has 2 aromatic heterocycles. The molecule has 6 nitrogen and oxygen atoms in total. The highest BCUT2D eigenvalue weighted by Crippen LogP contribution is 2.25. The summed E-state index contributed by atoms with van der Waals surface area (Å²) >= 11 is 3.45. The van der Waals surface area contributed by atoms with Crippen LogP contribution < -0.4 is 5.32 Å². The van der Waals surface area contributed by atoms with E-state index in [4.69, 9.17) is 0 Å². The summed E-state index contributed by atoms with van der Waals surface area (Å²) in [4.78, 5) is 12.3. The summed E-state index contributed by atoms with van der Waals surface area (Å²) in [6, 6.07) is 11.9. The fourth-order valence-electron chi connectivity index (χ4n) is 2.48. The maximum atomic E-state index is 12.3. The number of hydrogen-bond acceptors (Lipinski definition) is 3. The molecule has 0 saturated carbocycles. The average Bonchev–Trinajstić information content (AvgIpc) is 3.22. The minimum Gasteiger partial charge on any atom is -0.350 e. The van der Waals surface area contributed by atoms with Gasteiger partial charge in [-0.15, -0.1) is 0 Å². The lowest BCUT2D eigenvalue weighted by atomic mass is 10.1. The number of carbonyl (C=O) groups is 1. The van der Waals surface area contributed by atoms with E-state index in [1.165, 1.54) is 0 Å². The number of nitrogens with zero attached hydrogens (tertiary/aromatic N) is 3. The van der Waals surface area contributed by atoms with Gasteiger partial charge in [0.25, 0.3) is 5.91 Å². The molecule has 0 atom stereocenters. The Labute approximate surface area is 154 Å². The van der Waals surface area contributed by atoms with E-state index in [0.717, 1.165) is 21.5 Å². The highest BCUT2D eigenvalue weighted by Gasteiger charge is 2.18. The number of aromatic nitrogens is 4. The molecule has 1 aromatic carbocycles. The Morgan fingerprint density at radius 1 is 1.28 bits per heavy atom. The van der Waals surface area contributed by atoms with E-state index in [1.54, 1.807) is 0 Å². The number of halogens is 1. The Kier molecular flexibility index (Phi) is 5.33. The van der Waals surface area contributed by atoms with Crippen LogP contribution in [0, 0.1) is 0 Å². The second-order valence-corrected chi connectivity index (χ2v) is 6.84. The van der Waals surface area contributed by atoms with Crippen molar-refractivity contribution in [1.29, 1.82) is 0 Å². The van der Waals surface area contributed by atoms with Crippen LogP contribution in [-0.2, 0) is 6.42 Å². The molecule has 130 valence electrons. The topological polar surface area (TPSA) is 75.6 Å². The van der Waals surface area contributed by atoms with E-state index in [2.05, 4.69) is 36.5 Å². The first-order valence-corrected chi connectivity index (χ1v) is 8.97. The number of hydrogen-bond donors (Lipinski definition) is 2. The number of amides is 1. The zero-order valence-corrected chi connectivity index (χ0v) is 15.7. The van der Waals surface area contributed by atoms with Crippen LogP contribution in [0.1, 0.15) is 41.6 Å². The SMILES string of the molecule is CC(C)c1[nH]nc(C(=O)NCCc2ccn(-c3ccccc3)n2)c1Br. The zero-order chi connectivity index (χ0) is 17.8. The molecule has 7 heteroatoms. The molecule has 0 saturated heterocycles. The first-order valence-electron chi connectivity index (χ1n) is 8.18. The van der Waals surface area contributed by atoms with E-state index in [0.29, 0.717) is 18.7 Å². The normalized spacial score (nSPS) is 11.0. The third-order valence-corrected chi connectivity index (χ3v) is 4.66. The third kappa shape index (κ3) is 3.99. The maximum Gasteiger partial charge on any atom is 0.272 e. The summed E-state index contributed by atoms with van der Waals surface area (Å²) < 4.78 is 2.56. The highest BCUT2D eigenvalue weighted by atomic mass is 79.9. The smallest absolute Gasteiger partial charge is 0.272 e. The molecule has 2 N–H and O–H groups in total. The fourth-order valence-corrected chi connectivity index (χ4v) is 3.30. The van der Waals surface area contributed by atoms with E-state index in [9.17, 15) is 4.79 Å². The van der Waals surface area contributed by atoms with Gasteiger partial charge in [0.1, 0.15) is 0 Å². The minimum atomic E-state index is -0.197. The molecule has 0 aliphatic carbocycles. The molecule has 1 amide bonds. The van der Waals surface area contributed by atoms with Gasteiger partial charge in [0, 0.05) is 19.2 Å². The minimum absolute atomic E-state index is 0.197. The average molecular weight is 402 g/mol. The van der Waals surface area contributed by atoms with Crippen LogP contribution >= 0.6 is 15.9 Å². The molecule has 0 radical (unpaired) electrons. The summed E-state index contributed by atoms with van der Waals surface area (Å²) in [5, 5.41) is 14.4. The molecule has 0 unspecified atom stereocenters. The van der Waals surface area contributed by atoms with Gasteiger partial charge >= 0.3 is 0 Å². The van der Waals surface area contributed by atoms with Gasteiger partial charge in [-0.2, -0.15) is 10.2 Å². The van der Waals surface area contributed by atoms with Gasteiger partial charge in [0.2, 0.25) is 0 Å². The van der Waals surface area contributed by atoms with Gasteiger partial charge in [-0.1, -0.05) is 32.0 Å². The van der Waals surface area contributed by atoms with Crippen LogP contribution in [-0.4, -0.2) is 32.4 Å². The van der Waals surface area contributed by atoms with Crippen LogP contribution in [0.3, 0.4) is 0 Å². The highest BCUT2D eigenvalue weighted by molar-refractivity contribution is 9.10. The first kappa shape index (κ1) is 17.4. The van der Waals surface area contributed by atoms with E-state index < -0.39 is 0 Å². The Balaban J connectivity index is 1.57. The van der Waals surface area contributed by atoms with Crippen LogP contribution in [0.15, 0.2) is 47.1 Å². The van der Waals surface area contributed by atoms with E-state index in [-0.39, 0.29) is 11.8 Å². The Morgan fingerprint density at radius 3 is 2.72 bits per heavy atom. The van der Waals surface area contributed by atoms with E-state index in [1.807, 2.05) is 61.1 Å². The summed E-state index contributed by atoms with van der Waals surface area (Å²) in [5.74, 6) is 0.0721. The molecular weight excluding hydrogens is 382 g/mol. The quantitative estimate of drug-likeness (QED) is 0.663. The molecular formula is C18H20BrN5O. The zero-order valence-electron chi connectivity index (χ0n) is 14.2. The predicted octanol–water partition coefficient (Wildman–Crippen LogP) is 3.45. The lowest BCUT2D eigenvalue weighted by Gasteiger charge is -2.04. The molecule has 25 heavy (non-hydrogen) atoms. The van der Waals surface area contributed by atoms with Crippen LogP contribution in [0.4, 0.5) is 0 Å². The van der Waals surface area contributed by atoms with Gasteiger partial charge in [0.15, 0.2) is 5.69 Å². The summed E-state index contributed by atoms with van der Waals surface area (Å²) in [6.07, 6.45) is 2.58. The second kappa shape index (κ2) is 7.65.